The van der Waals surface area contributed by atoms with Gasteiger partial charge < -0.3 is 10.1 Å². The summed E-state index contributed by atoms with van der Waals surface area (Å²) in [6, 6.07) is 9.77. The van der Waals surface area contributed by atoms with Gasteiger partial charge in [-0.3, -0.25) is 9.69 Å². The van der Waals surface area contributed by atoms with Gasteiger partial charge in [0.1, 0.15) is 6.61 Å². The summed E-state index contributed by atoms with van der Waals surface area (Å²) in [6.07, 6.45) is 0.884. The van der Waals surface area contributed by atoms with E-state index in [0.717, 1.165) is 12.0 Å². The van der Waals surface area contributed by atoms with Gasteiger partial charge in [0.05, 0.1) is 12.1 Å². The van der Waals surface area contributed by atoms with Gasteiger partial charge in [-0.15, -0.1) is 0 Å². The van der Waals surface area contributed by atoms with Crippen molar-refractivity contribution < 1.29 is 14.3 Å². The Balaban J connectivity index is 1.69. The van der Waals surface area contributed by atoms with Gasteiger partial charge in [-0.1, -0.05) is 44.2 Å². The van der Waals surface area contributed by atoms with Gasteiger partial charge in [0, 0.05) is 12.5 Å². The van der Waals surface area contributed by atoms with E-state index in [-0.39, 0.29) is 36.7 Å². The molecule has 22 heavy (non-hydrogen) atoms. The summed E-state index contributed by atoms with van der Waals surface area (Å²) < 4.78 is 5.48. The number of carbonyl (C=O) groups excluding carboxylic acids is 2. The van der Waals surface area contributed by atoms with Crippen molar-refractivity contribution in [3.05, 3.63) is 35.9 Å². The van der Waals surface area contributed by atoms with Crippen LogP contribution in [0.3, 0.4) is 0 Å². The van der Waals surface area contributed by atoms with Crippen molar-refractivity contribution in [2.45, 2.75) is 51.4 Å². The standard InChI is InChI=1S/C17H22N2O3/c1-11(2)14-8-13-15(9-16(20)18-13)19(14)17(21)22-10-12-6-4-3-5-7-12/h3-7,11,13-15H,8-10H2,1-2H3,(H,18,20). The molecule has 2 fully saturated rings. The molecule has 0 spiro atoms. The molecule has 2 saturated heterocycles. The van der Waals surface area contributed by atoms with Crippen LogP contribution >= 0.6 is 0 Å². The van der Waals surface area contributed by atoms with Crippen LogP contribution in [0.15, 0.2) is 30.3 Å². The van der Waals surface area contributed by atoms with Gasteiger partial charge in [0.2, 0.25) is 5.91 Å². The molecule has 0 radical (unpaired) electrons. The third kappa shape index (κ3) is 2.80. The number of nitrogens with zero attached hydrogens (tertiary/aromatic N) is 1. The molecule has 3 atom stereocenters. The number of likely N-dealkylation sites (tertiary alicyclic amines) is 1. The van der Waals surface area contributed by atoms with Crippen molar-refractivity contribution in [2.24, 2.45) is 5.92 Å². The van der Waals surface area contributed by atoms with Crippen molar-refractivity contribution in [1.29, 1.82) is 0 Å². The van der Waals surface area contributed by atoms with E-state index >= 15 is 0 Å². The van der Waals surface area contributed by atoms with Gasteiger partial charge in [-0.25, -0.2) is 4.79 Å². The summed E-state index contributed by atoms with van der Waals surface area (Å²) >= 11 is 0. The highest BCUT2D eigenvalue weighted by molar-refractivity contribution is 5.82. The molecule has 118 valence electrons. The van der Waals surface area contributed by atoms with Crippen LogP contribution in [-0.4, -0.2) is 35.0 Å². The van der Waals surface area contributed by atoms with Gasteiger partial charge in [-0.2, -0.15) is 0 Å². The van der Waals surface area contributed by atoms with Crippen molar-refractivity contribution in [3.8, 4) is 0 Å². The van der Waals surface area contributed by atoms with Crippen molar-refractivity contribution >= 4 is 12.0 Å². The maximum absolute atomic E-state index is 12.5. The predicted molar refractivity (Wildman–Crippen MR) is 82.0 cm³/mol. The highest BCUT2D eigenvalue weighted by atomic mass is 16.6. The molecule has 3 unspecified atom stereocenters. The first-order valence-electron chi connectivity index (χ1n) is 7.84. The van der Waals surface area contributed by atoms with E-state index in [2.05, 4.69) is 19.2 Å². The average Bonchev–Trinajstić information content (AvgIpc) is 3.01. The summed E-state index contributed by atoms with van der Waals surface area (Å²) in [5.74, 6) is 0.366. The molecule has 0 bridgehead atoms. The SMILES string of the molecule is CC(C)C1CC2NC(=O)CC2N1C(=O)OCc1ccccc1. The Morgan fingerprint density at radius 3 is 2.77 bits per heavy atom. The Hall–Kier alpha value is -2.04. The van der Waals surface area contributed by atoms with Crippen molar-refractivity contribution in [2.75, 3.05) is 0 Å². The smallest absolute Gasteiger partial charge is 0.410 e. The van der Waals surface area contributed by atoms with E-state index in [1.807, 2.05) is 30.3 Å². The molecule has 2 amide bonds. The van der Waals surface area contributed by atoms with Crippen LogP contribution in [0.2, 0.25) is 0 Å². The summed E-state index contributed by atoms with van der Waals surface area (Å²) in [6.45, 7) is 4.47. The van der Waals surface area contributed by atoms with Crippen LogP contribution in [0.5, 0.6) is 0 Å². The Labute approximate surface area is 130 Å². The second-order valence-electron chi connectivity index (χ2n) is 6.44. The number of carbonyl (C=O) groups is 2. The van der Waals surface area contributed by atoms with Crippen molar-refractivity contribution in [3.63, 3.8) is 0 Å². The van der Waals surface area contributed by atoms with Crippen LogP contribution < -0.4 is 5.32 Å². The molecular weight excluding hydrogens is 280 g/mol. The number of rotatable bonds is 3. The lowest BCUT2D eigenvalue weighted by atomic mass is 10.0. The van der Waals surface area contributed by atoms with Crippen LogP contribution in [0, 0.1) is 5.92 Å². The first-order valence-corrected chi connectivity index (χ1v) is 7.84. The number of fused-ring (bicyclic) bond motifs is 1. The second kappa shape index (κ2) is 5.99. The summed E-state index contributed by atoms with van der Waals surface area (Å²) in [4.78, 5) is 25.9. The van der Waals surface area contributed by atoms with Gasteiger partial charge >= 0.3 is 6.09 Å². The van der Waals surface area contributed by atoms with E-state index in [4.69, 9.17) is 4.74 Å². The summed E-state index contributed by atoms with van der Waals surface area (Å²) in [5.41, 5.74) is 0.966. The molecule has 0 saturated carbocycles. The Morgan fingerprint density at radius 1 is 1.36 bits per heavy atom. The normalized spacial score (nSPS) is 27.0. The minimum atomic E-state index is -0.313. The quantitative estimate of drug-likeness (QED) is 0.932. The minimum absolute atomic E-state index is 0.0260. The lowest BCUT2D eigenvalue weighted by molar-refractivity contribution is -0.119. The van der Waals surface area contributed by atoms with Gasteiger partial charge in [-0.05, 0) is 17.9 Å². The molecular formula is C17H22N2O3. The van der Waals surface area contributed by atoms with Crippen LogP contribution in [0.1, 0.15) is 32.3 Å². The monoisotopic (exact) mass is 302 g/mol. The zero-order valence-electron chi connectivity index (χ0n) is 13.0. The highest BCUT2D eigenvalue weighted by Crippen LogP contribution is 2.34. The first-order chi connectivity index (χ1) is 10.6. The Kier molecular flexibility index (Phi) is 4.05. The number of ether oxygens (including phenoxy) is 1. The van der Waals surface area contributed by atoms with E-state index in [0.29, 0.717) is 12.3 Å². The molecule has 2 aliphatic heterocycles. The van der Waals surface area contributed by atoms with E-state index in [1.165, 1.54) is 0 Å². The Morgan fingerprint density at radius 2 is 2.09 bits per heavy atom. The molecule has 1 aromatic carbocycles. The number of hydrogen-bond donors (Lipinski definition) is 1. The number of hydrogen-bond acceptors (Lipinski definition) is 3. The maximum atomic E-state index is 12.5. The molecule has 2 heterocycles. The fourth-order valence-electron chi connectivity index (χ4n) is 3.48. The molecule has 5 nitrogen and oxygen atoms in total. The molecule has 2 aliphatic rings. The molecule has 1 aromatic rings. The van der Waals surface area contributed by atoms with E-state index in [9.17, 15) is 9.59 Å². The average molecular weight is 302 g/mol. The predicted octanol–water partition coefficient (Wildman–Crippen LogP) is 2.31. The maximum Gasteiger partial charge on any atom is 0.410 e. The van der Waals surface area contributed by atoms with E-state index in [1.54, 1.807) is 4.90 Å². The first kappa shape index (κ1) is 14.9. The lowest BCUT2D eigenvalue weighted by Crippen LogP contribution is -2.44. The van der Waals surface area contributed by atoms with Crippen LogP contribution in [0.25, 0.3) is 0 Å². The summed E-state index contributed by atoms with van der Waals surface area (Å²) in [5, 5.41) is 2.97. The molecule has 5 heteroatoms. The zero-order valence-corrected chi connectivity index (χ0v) is 13.0. The molecule has 3 rings (SSSR count). The minimum Gasteiger partial charge on any atom is -0.445 e. The fourth-order valence-corrected chi connectivity index (χ4v) is 3.48. The van der Waals surface area contributed by atoms with E-state index < -0.39 is 0 Å². The third-order valence-corrected chi connectivity index (χ3v) is 4.60. The van der Waals surface area contributed by atoms with Gasteiger partial charge in [0.25, 0.3) is 0 Å². The summed E-state index contributed by atoms with van der Waals surface area (Å²) in [7, 11) is 0. The highest BCUT2D eigenvalue weighted by Gasteiger charge is 2.50. The topological polar surface area (TPSA) is 58.6 Å². The third-order valence-electron chi connectivity index (χ3n) is 4.60. The fraction of sp³-hybridized carbons (Fsp3) is 0.529. The molecule has 0 aromatic heterocycles. The van der Waals surface area contributed by atoms with Gasteiger partial charge in [0.15, 0.2) is 0 Å². The molecule has 1 N–H and O–H groups in total. The number of amides is 2. The van der Waals surface area contributed by atoms with Crippen molar-refractivity contribution in [1.82, 2.24) is 10.2 Å². The number of benzene rings is 1. The molecule has 0 aliphatic carbocycles. The largest absolute Gasteiger partial charge is 0.445 e. The number of nitrogens with one attached hydrogen (secondary N) is 1. The zero-order chi connectivity index (χ0) is 15.7. The Bertz CT molecular complexity index is 558. The van der Waals surface area contributed by atoms with Crippen LogP contribution in [0.4, 0.5) is 4.79 Å². The lowest BCUT2D eigenvalue weighted by Gasteiger charge is -2.30. The van der Waals surface area contributed by atoms with Crippen LogP contribution in [-0.2, 0) is 16.1 Å². The second-order valence-corrected chi connectivity index (χ2v) is 6.44.